The van der Waals surface area contributed by atoms with Gasteiger partial charge in [-0.05, 0) is 60.0 Å². The molecule has 0 unspecified atom stereocenters. The average Bonchev–Trinajstić information content (AvgIpc) is 3.20. The Hall–Kier alpha value is -1.90. The van der Waals surface area contributed by atoms with Crippen molar-refractivity contribution in [3.8, 4) is 5.75 Å². The molecule has 0 atom stereocenters. The third-order valence-corrected chi connectivity index (χ3v) is 7.22. The van der Waals surface area contributed by atoms with E-state index in [2.05, 4.69) is 5.38 Å². The minimum atomic E-state index is -3.55. The van der Waals surface area contributed by atoms with Crippen LogP contribution in [0.5, 0.6) is 5.75 Å². The normalized spacial score (nSPS) is 15.7. The molecule has 1 fully saturated rings. The highest BCUT2D eigenvalue weighted by Crippen LogP contribution is 2.21. The molecule has 6 nitrogen and oxygen atoms in total. The van der Waals surface area contributed by atoms with Crippen molar-refractivity contribution in [2.45, 2.75) is 24.7 Å². The van der Waals surface area contributed by atoms with Gasteiger partial charge in [0, 0.05) is 32.6 Å². The fraction of sp³-hybridized carbons (Fsp3) is 0.421. The lowest BCUT2D eigenvalue weighted by Gasteiger charge is -2.34. The number of amides is 1. The molecule has 0 saturated carbocycles. The van der Waals surface area contributed by atoms with E-state index >= 15 is 0 Å². The van der Waals surface area contributed by atoms with Crippen LogP contribution in [0.4, 0.5) is 0 Å². The zero-order valence-electron chi connectivity index (χ0n) is 15.3. The average molecular weight is 409 g/mol. The first-order valence-electron chi connectivity index (χ1n) is 9.02. The summed E-state index contributed by atoms with van der Waals surface area (Å²) >= 11 is 1.63. The van der Waals surface area contributed by atoms with Crippen molar-refractivity contribution in [1.82, 2.24) is 9.21 Å². The Balaban J connectivity index is 1.55. The monoisotopic (exact) mass is 408 g/mol. The summed E-state index contributed by atoms with van der Waals surface area (Å²) < 4.78 is 32.4. The van der Waals surface area contributed by atoms with Crippen LogP contribution in [-0.2, 0) is 21.2 Å². The van der Waals surface area contributed by atoms with Gasteiger partial charge in [0.05, 0.1) is 11.5 Å². The third kappa shape index (κ3) is 4.88. The van der Waals surface area contributed by atoms with Crippen LogP contribution in [0.1, 0.15) is 18.9 Å². The molecule has 1 aromatic carbocycles. The number of hydrogen-bond acceptors (Lipinski definition) is 5. The Morgan fingerprint density at radius 1 is 1.11 bits per heavy atom. The van der Waals surface area contributed by atoms with Crippen LogP contribution in [0.15, 0.2) is 46.0 Å². The van der Waals surface area contributed by atoms with Crippen LogP contribution in [0.25, 0.3) is 0 Å². The number of rotatable bonds is 7. The van der Waals surface area contributed by atoms with Crippen molar-refractivity contribution >= 4 is 27.3 Å². The van der Waals surface area contributed by atoms with Crippen LogP contribution in [0.3, 0.4) is 0 Å². The predicted octanol–water partition coefficient (Wildman–Crippen LogP) is 2.61. The van der Waals surface area contributed by atoms with Gasteiger partial charge in [-0.3, -0.25) is 4.79 Å². The second kappa shape index (κ2) is 8.86. The molecule has 8 heteroatoms. The molecule has 0 bridgehead atoms. The number of thiophene rings is 1. The first-order valence-corrected chi connectivity index (χ1v) is 11.4. The molecule has 1 aromatic heterocycles. The van der Waals surface area contributed by atoms with Gasteiger partial charge in [0.2, 0.25) is 15.9 Å². The molecule has 2 aromatic rings. The molecular formula is C19H24N2O4S2. The van der Waals surface area contributed by atoms with Gasteiger partial charge in [-0.15, -0.1) is 0 Å². The Morgan fingerprint density at radius 3 is 2.41 bits per heavy atom. The minimum Gasteiger partial charge on any atom is -0.494 e. The van der Waals surface area contributed by atoms with Gasteiger partial charge in [-0.1, -0.05) is 0 Å². The molecule has 0 N–H and O–H groups in total. The van der Waals surface area contributed by atoms with E-state index in [0.29, 0.717) is 45.0 Å². The summed E-state index contributed by atoms with van der Waals surface area (Å²) in [5.74, 6) is 0.733. The van der Waals surface area contributed by atoms with Crippen molar-refractivity contribution in [3.63, 3.8) is 0 Å². The third-order valence-electron chi connectivity index (χ3n) is 4.57. The van der Waals surface area contributed by atoms with E-state index in [-0.39, 0.29) is 10.8 Å². The maximum absolute atomic E-state index is 12.8. The number of aryl methyl sites for hydroxylation is 1. The summed E-state index contributed by atoms with van der Waals surface area (Å²) in [5, 5.41) is 4.05. The summed E-state index contributed by atoms with van der Waals surface area (Å²) in [5.41, 5.74) is 1.17. The fourth-order valence-electron chi connectivity index (χ4n) is 3.05. The highest BCUT2D eigenvalue weighted by atomic mass is 32.2. The molecule has 2 heterocycles. The fourth-order valence-corrected chi connectivity index (χ4v) is 5.17. The van der Waals surface area contributed by atoms with Crippen molar-refractivity contribution in [1.29, 1.82) is 0 Å². The number of sulfonamides is 1. The zero-order chi connectivity index (χ0) is 19.3. The first-order chi connectivity index (χ1) is 13.0. The van der Waals surface area contributed by atoms with Gasteiger partial charge in [-0.25, -0.2) is 8.42 Å². The van der Waals surface area contributed by atoms with E-state index in [1.165, 1.54) is 9.87 Å². The largest absolute Gasteiger partial charge is 0.494 e. The Labute approximate surface area is 164 Å². The summed E-state index contributed by atoms with van der Waals surface area (Å²) in [6.07, 6.45) is 1.19. The molecule has 1 aliphatic heterocycles. The maximum Gasteiger partial charge on any atom is 0.243 e. The SMILES string of the molecule is CCOc1ccc(S(=O)(=O)N2CCN(C(=O)CCc3ccsc3)CC2)cc1. The maximum atomic E-state index is 12.8. The number of carbonyl (C=O) groups excluding carboxylic acids is 1. The van der Waals surface area contributed by atoms with Crippen molar-refractivity contribution in [2.24, 2.45) is 0 Å². The molecule has 27 heavy (non-hydrogen) atoms. The molecule has 1 aliphatic rings. The minimum absolute atomic E-state index is 0.0827. The number of nitrogens with zero attached hydrogens (tertiary/aromatic N) is 2. The summed E-state index contributed by atoms with van der Waals surface area (Å²) in [6.45, 7) is 3.91. The van der Waals surface area contributed by atoms with Crippen molar-refractivity contribution in [3.05, 3.63) is 46.7 Å². The van der Waals surface area contributed by atoms with E-state index in [1.54, 1.807) is 40.5 Å². The zero-order valence-corrected chi connectivity index (χ0v) is 17.0. The Morgan fingerprint density at radius 2 is 1.81 bits per heavy atom. The van der Waals surface area contributed by atoms with Crippen LogP contribution in [-0.4, -0.2) is 56.3 Å². The second-order valence-corrected chi connectivity index (χ2v) is 9.04. The summed E-state index contributed by atoms with van der Waals surface area (Å²) in [4.78, 5) is 14.4. The van der Waals surface area contributed by atoms with Gasteiger partial charge >= 0.3 is 0 Å². The Kier molecular flexibility index (Phi) is 6.51. The number of ether oxygens (including phenoxy) is 1. The van der Waals surface area contributed by atoms with E-state index in [1.807, 2.05) is 18.4 Å². The van der Waals surface area contributed by atoms with Gasteiger partial charge in [0.25, 0.3) is 0 Å². The standard InChI is InChI=1S/C19H24N2O4S2/c1-2-25-17-4-6-18(7-5-17)27(23,24)21-12-10-20(11-13-21)19(22)8-3-16-9-14-26-15-16/h4-7,9,14-15H,2-3,8,10-13H2,1H3. The smallest absolute Gasteiger partial charge is 0.243 e. The lowest BCUT2D eigenvalue weighted by atomic mass is 10.1. The Bertz CT molecular complexity index is 840. The van der Waals surface area contributed by atoms with Gasteiger partial charge in [-0.2, -0.15) is 15.6 Å². The van der Waals surface area contributed by atoms with E-state index in [9.17, 15) is 13.2 Å². The molecule has 146 valence electrons. The lowest BCUT2D eigenvalue weighted by Crippen LogP contribution is -2.50. The first kappa shape index (κ1) is 19.9. The van der Waals surface area contributed by atoms with Crippen LogP contribution in [0.2, 0.25) is 0 Å². The molecule has 0 radical (unpaired) electrons. The van der Waals surface area contributed by atoms with Crippen LogP contribution >= 0.6 is 11.3 Å². The number of benzene rings is 1. The van der Waals surface area contributed by atoms with Gasteiger partial charge < -0.3 is 9.64 Å². The molecule has 0 aliphatic carbocycles. The highest BCUT2D eigenvalue weighted by Gasteiger charge is 2.29. The van der Waals surface area contributed by atoms with Crippen molar-refractivity contribution in [2.75, 3.05) is 32.8 Å². The topological polar surface area (TPSA) is 66.9 Å². The van der Waals surface area contributed by atoms with Crippen LogP contribution < -0.4 is 4.74 Å². The highest BCUT2D eigenvalue weighted by molar-refractivity contribution is 7.89. The van der Waals surface area contributed by atoms with Gasteiger partial charge in [0.1, 0.15) is 5.75 Å². The van der Waals surface area contributed by atoms with Crippen molar-refractivity contribution < 1.29 is 17.9 Å². The van der Waals surface area contributed by atoms with E-state index < -0.39 is 10.0 Å². The predicted molar refractivity (Wildman–Crippen MR) is 106 cm³/mol. The molecule has 3 rings (SSSR count). The van der Waals surface area contributed by atoms with E-state index in [4.69, 9.17) is 4.74 Å². The van der Waals surface area contributed by atoms with Crippen LogP contribution in [0, 0.1) is 0 Å². The molecular weight excluding hydrogens is 384 g/mol. The molecule has 1 amide bonds. The second-order valence-electron chi connectivity index (χ2n) is 6.32. The number of carbonyl (C=O) groups is 1. The summed E-state index contributed by atoms with van der Waals surface area (Å²) in [7, 11) is -3.55. The van der Waals surface area contributed by atoms with Gasteiger partial charge in [0.15, 0.2) is 0 Å². The summed E-state index contributed by atoms with van der Waals surface area (Å²) in [6, 6.07) is 8.50. The molecule has 1 saturated heterocycles. The van der Waals surface area contributed by atoms with E-state index in [0.717, 1.165) is 6.42 Å². The lowest BCUT2D eigenvalue weighted by molar-refractivity contribution is -0.132. The number of hydrogen-bond donors (Lipinski definition) is 0. The number of piperazine rings is 1. The quantitative estimate of drug-likeness (QED) is 0.706. The molecule has 0 spiro atoms.